The maximum Gasteiger partial charge on any atom is 0.481 e. The highest BCUT2D eigenvalue weighted by Gasteiger charge is 2.31. The first-order valence-electron chi connectivity index (χ1n) is 6.60. The molecule has 130 valence electrons. The van der Waals surface area contributed by atoms with Crippen molar-refractivity contribution in [1.82, 2.24) is 0 Å². The van der Waals surface area contributed by atoms with Crippen molar-refractivity contribution in [3.8, 4) is 0 Å². The predicted molar refractivity (Wildman–Crippen MR) is 77.8 cm³/mol. The Hall–Kier alpha value is -0.530. The van der Waals surface area contributed by atoms with Crippen LogP contribution in [0.25, 0.3) is 0 Å². The fourth-order valence-electron chi connectivity index (χ4n) is 1.36. The van der Waals surface area contributed by atoms with Crippen LogP contribution in [0.5, 0.6) is 0 Å². The van der Waals surface area contributed by atoms with Crippen LogP contribution in [0, 0.1) is 0 Å². The zero-order valence-electron chi connectivity index (χ0n) is 12.3. The van der Waals surface area contributed by atoms with Gasteiger partial charge in [0.25, 0.3) is 0 Å². The van der Waals surface area contributed by atoms with Crippen molar-refractivity contribution >= 4 is 21.6 Å². The number of phosphoric acid groups is 2. The number of unbranched alkanes of at least 4 members (excludes halogenated alkanes) is 4. The summed E-state index contributed by atoms with van der Waals surface area (Å²) < 4.78 is 34.4. The molecule has 0 aromatic rings. The minimum absolute atomic E-state index is 0.154. The minimum atomic E-state index is -5.06. The molecule has 22 heavy (non-hydrogen) atoms. The van der Waals surface area contributed by atoms with E-state index in [1.807, 2.05) is 0 Å². The number of rotatable bonds is 12. The summed E-state index contributed by atoms with van der Waals surface area (Å²) in [5.41, 5.74) is 0.350. The molecular formula is C11H22O9P2. The molecule has 1 unspecified atom stereocenters. The lowest BCUT2D eigenvalue weighted by atomic mass is 10.1. The van der Waals surface area contributed by atoms with Crippen LogP contribution in [-0.2, 0) is 27.5 Å². The first kappa shape index (κ1) is 21.5. The molecule has 11 heteroatoms. The third kappa shape index (κ3) is 13.2. The molecule has 0 saturated heterocycles. The van der Waals surface area contributed by atoms with Crippen molar-refractivity contribution in [3.05, 3.63) is 12.2 Å². The van der Waals surface area contributed by atoms with Crippen LogP contribution >= 0.6 is 15.6 Å². The molecule has 0 spiro atoms. The quantitative estimate of drug-likeness (QED) is 0.207. The summed E-state index contributed by atoms with van der Waals surface area (Å²) in [6.07, 6.45) is 3.41. The lowest BCUT2D eigenvalue weighted by Crippen LogP contribution is -2.06. The summed E-state index contributed by atoms with van der Waals surface area (Å²) >= 11 is 0. The van der Waals surface area contributed by atoms with Gasteiger partial charge in [0.2, 0.25) is 0 Å². The van der Waals surface area contributed by atoms with E-state index >= 15 is 0 Å². The molecule has 0 bridgehead atoms. The fraction of sp³-hybridized carbons (Fsp3) is 0.727. The zero-order valence-corrected chi connectivity index (χ0v) is 14.1. The van der Waals surface area contributed by atoms with Crippen LogP contribution in [0.1, 0.15) is 39.0 Å². The van der Waals surface area contributed by atoms with Gasteiger partial charge in [0.15, 0.2) is 0 Å². The molecule has 0 saturated carbocycles. The van der Waals surface area contributed by atoms with E-state index in [2.05, 4.69) is 15.4 Å². The summed E-state index contributed by atoms with van der Waals surface area (Å²) in [5.74, 6) is -0.419. The van der Waals surface area contributed by atoms with Crippen molar-refractivity contribution in [1.29, 1.82) is 0 Å². The van der Waals surface area contributed by atoms with E-state index in [-0.39, 0.29) is 6.61 Å². The monoisotopic (exact) mass is 360 g/mol. The van der Waals surface area contributed by atoms with E-state index in [9.17, 15) is 13.9 Å². The third-order valence-corrected chi connectivity index (χ3v) is 4.52. The van der Waals surface area contributed by atoms with Crippen molar-refractivity contribution in [3.63, 3.8) is 0 Å². The van der Waals surface area contributed by atoms with Crippen molar-refractivity contribution in [2.24, 2.45) is 0 Å². The van der Waals surface area contributed by atoms with Crippen LogP contribution in [0.4, 0.5) is 0 Å². The van der Waals surface area contributed by atoms with E-state index in [0.717, 1.165) is 12.8 Å². The van der Waals surface area contributed by atoms with Gasteiger partial charge >= 0.3 is 21.6 Å². The first-order chi connectivity index (χ1) is 10.0. The van der Waals surface area contributed by atoms with E-state index in [0.29, 0.717) is 31.4 Å². The second-order valence-corrected chi connectivity index (χ2v) is 7.39. The maximum absolute atomic E-state index is 11.1. The highest BCUT2D eigenvalue weighted by Crippen LogP contribution is 2.57. The highest BCUT2D eigenvalue weighted by molar-refractivity contribution is 7.60. The van der Waals surface area contributed by atoms with E-state index in [4.69, 9.17) is 19.4 Å². The number of hydrogen-bond donors (Lipinski definition) is 3. The molecule has 0 aliphatic carbocycles. The van der Waals surface area contributed by atoms with Gasteiger partial charge in [-0.1, -0.05) is 25.8 Å². The van der Waals surface area contributed by atoms with E-state index in [1.54, 1.807) is 6.92 Å². The summed E-state index contributed by atoms with van der Waals surface area (Å²) in [6.45, 7) is 5.18. The molecule has 0 rings (SSSR count). The second-order valence-electron chi connectivity index (χ2n) is 4.56. The normalized spacial score (nSPS) is 14.4. The van der Waals surface area contributed by atoms with Gasteiger partial charge in [0.1, 0.15) is 0 Å². The Balaban J connectivity index is 3.55. The topological polar surface area (TPSA) is 140 Å². The largest absolute Gasteiger partial charge is 0.481 e. The highest BCUT2D eigenvalue weighted by atomic mass is 31.3. The van der Waals surface area contributed by atoms with E-state index in [1.165, 1.54) is 0 Å². The Labute approximate surface area is 129 Å². The molecule has 0 aliphatic heterocycles. The molecule has 0 aliphatic rings. The van der Waals surface area contributed by atoms with Crippen LogP contribution in [0.3, 0.4) is 0 Å². The maximum atomic E-state index is 11.1. The number of hydrogen-bond acceptors (Lipinski definition) is 6. The number of ether oxygens (including phenoxy) is 1. The number of carbonyl (C=O) groups is 1. The molecular weight excluding hydrogens is 338 g/mol. The SMILES string of the molecule is C=C(C)C(=O)OCCCCCCCOP(=O)(O)OP(=O)(O)O. The Bertz CT molecular complexity index is 456. The standard InChI is InChI=1S/C11H22O9P2/c1-10(2)11(12)18-8-6-4-3-5-7-9-19-22(16,17)20-21(13,14)15/h1,3-9H2,2H3,(H,16,17)(H2,13,14,15). The van der Waals surface area contributed by atoms with Gasteiger partial charge in [-0.05, 0) is 19.8 Å². The van der Waals surface area contributed by atoms with Crippen LogP contribution in [0.2, 0.25) is 0 Å². The Morgan fingerprint density at radius 2 is 1.50 bits per heavy atom. The second kappa shape index (κ2) is 10.3. The summed E-state index contributed by atoms with van der Waals surface area (Å²) in [4.78, 5) is 36.8. The van der Waals surface area contributed by atoms with Gasteiger partial charge in [-0.15, -0.1) is 0 Å². The molecule has 0 radical (unpaired) electrons. The van der Waals surface area contributed by atoms with Crippen molar-refractivity contribution < 1.29 is 42.2 Å². The zero-order chi connectivity index (χ0) is 17.2. The molecule has 0 amide bonds. The van der Waals surface area contributed by atoms with Gasteiger partial charge < -0.3 is 19.4 Å². The molecule has 9 nitrogen and oxygen atoms in total. The third-order valence-electron chi connectivity index (χ3n) is 2.33. The Kier molecular flexibility index (Phi) is 10.0. The van der Waals surface area contributed by atoms with Gasteiger partial charge in [-0.25, -0.2) is 13.9 Å². The number of esters is 1. The number of phosphoric ester groups is 1. The lowest BCUT2D eigenvalue weighted by molar-refractivity contribution is -0.139. The first-order valence-corrected chi connectivity index (χ1v) is 9.63. The molecule has 1 atom stereocenters. The molecule has 0 aromatic carbocycles. The molecule has 3 N–H and O–H groups in total. The average Bonchev–Trinajstić information content (AvgIpc) is 2.33. The summed E-state index contributed by atoms with van der Waals surface area (Å²) in [6, 6.07) is 0. The van der Waals surface area contributed by atoms with Gasteiger partial charge in [-0.3, -0.25) is 4.52 Å². The van der Waals surface area contributed by atoms with Crippen molar-refractivity contribution in [2.75, 3.05) is 13.2 Å². The Morgan fingerprint density at radius 1 is 1.00 bits per heavy atom. The number of carbonyl (C=O) groups excluding carboxylic acids is 1. The molecule has 0 fully saturated rings. The summed E-state index contributed by atoms with van der Waals surface area (Å²) in [5, 5.41) is 0. The van der Waals surface area contributed by atoms with Gasteiger partial charge in [0, 0.05) is 5.57 Å². The van der Waals surface area contributed by atoms with Crippen LogP contribution < -0.4 is 0 Å². The minimum Gasteiger partial charge on any atom is -0.462 e. The van der Waals surface area contributed by atoms with Crippen LogP contribution in [0.15, 0.2) is 12.2 Å². The van der Waals surface area contributed by atoms with E-state index < -0.39 is 21.6 Å². The lowest BCUT2D eigenvalue weighted by Gasteiger charge is -2.12. The summed E-state index contributed by atoms with van der Waals surface area (Å²) in [7, 11) is -9.79. The van der Waals surface area contributed by atoms with Gasteiger partial charge in [-0.2, -0.15) is 4.31 Å². The molecule has 0 aromatic heterocycles. The molecule has 0 heterocycles. The smallest absolute Gasteiger partial charge is 0.462 e. The van der Waals surface area contributed by atoms with Crippen molar-refractivity contribution in [2.45, 2.75) is 39.0 Å². The van der Waals surface area contributed by atoms with Gasteiger partial charge in [0.05, 0.1) is 13.2 Å². The fourth-order valence-corrected chi connectivity index (χ4v) is 2.98. The average molecular weight is 360 g/mol. The Morgan fingerprint density at radius 3 is 2.00 bits per heavy atom. The predicted octanol–water partition coefficient (Wildman–Crippen LogP) is 2.28. The van der Waals surface area contributed by atoms with Crippen LogP contribution in [-0.4, -0.2) is 33.9 Å².